The first-order valence-electron chi connectivity index (χ1n) is 6.20. The zero-order chi connectivity index (χ0) is 13.6. The molecule has 98 valence electrons. The standard InChI is InChI=1S/C14H13ClN2O2/c1-8-4-2-3-5-10(8)11-12(15)16-14(19)17(13(11)18)9-6-7-9/h2-5,9H,6-7H2,1H3,(H,16,19). The van der Waals surface area contributed by atoms with Crippen LogP contribution in [0, 0.1) is 6.92 Å². The minimum atomic E-state index is -0.421. The van der Waals surface area contributed by atoms with Crippen LogP contribution < -0.4 is 11.2 Å². The summed E-state index contributed by atoms with van der Waals surface area (Å²) in [5.41, 5.74) is 1.38. The van der Waals surface area contributed by atoms with Gasteiger partial charge in [0.15, 0.2) is 0 Å². The molecule has 1 saturated carbocycles. The summed E-state index contributed by atoms with van der Waals surface area (Å²) in [5.74, 6) is 0. The van der Waals surface area contributed by atoms with Crippen molar-refractivity contribution in [3.8, 4) is 11.1 Å². The van der Waals surface area contributed by atoms with Gasteiger partial charge in [0.25, 0.3) is 5.56 Å². The van der Waals surface area contributed by atoms with Crippen molar-refractivity contribution in [2.24, 2.45) is 0 Å². The average molecular weight is 277 g/mol. The molecule has 1 aliphatic rings. The number of aromatic nitrogens is 2. The third-order valence-electron chi connectivity index (χ3n) is 3.41. The van der Waals surface area contributed by atoms with Gasteiger partial charge in [0.05, 0.1) is 5.56 Å². The fraction of sp³-hybridized carbons (Fsp3) is 0.286. The minimum absolute atomic E-state index is 0.0243. The maximum Gasteiger partial charge on any atom is 0.329 e. The van der Waals surface area contributed by atoms with Crippen LogP contribution in [-0.2, 0) is 0 Å². The zero-order valence-electron chi connectivity index (χ0n) is 10.4. The van der Waals surface area contributed by atoms with Crippen LogP contribution in [-0.4, -0.2) is 9.55 Å². The number of benzene rings is 1. The van der Waals surface area contributed by atoms with Gasteiger partial charge in [-0.1, -0.05) is 35.9 Å². The normalized spacial score (nSPS) is 14.6. The number of hydrogen-bond acceptors (Lipinski definition) is 2. The van der Waals surface area contributed by atoms with E-state index >= 15 is 0 Å². The van der Waals surface area contributed by atoms with Crippen LogP contribution in [0.25, 0.3) is 11.1 Å². The highest BCUT2D eigenvalue weighted by molar-refractivity contribution is 6.32. The maximum absolute atomic E-state index is 12.5. The van der Waals surface area contributed by atoms with Crippen molar-refractivity contribution in [3.63, 3.8) is 0 Å². The third kappa shape index (κ3) is 2.02. The summed E-state index contributed by atoms with van der Waals surface area (Å²) in [5, 5.41) is 0.112. The van der Waals surface area contributed by atoms with Crippen LogP contribution in [0.5, 0.6) is 0 Å². The smallest absolute Gasteiger partial charge is 0.297 e. The second-order valence-electron chi connectivity index (χ2n) is 4.84. The predicted octanol–water partition coefficient (Wildman–Crippen LogP) is 2.50. The van der Waals surface area contributed by atoms with Crippen LogP contribution in [0.3, 0.4) is 0 Å². The highest BCUT2D eigenvalue weighted by Crippen LogP contribution is 2.33. The largest absolute Gasteiger partial charge is 0.329 e. The number of H-pyrrole nitrogens is 1. The van der Waals surface area contributed by atoms with E-state index in [1.54, 1.807) is 0 Å². The molecule has 0 unspecified atom stereocenters. The van der Waals surface area contributed by atoms with Crippen molar-refractivity contribution in [2.45, 2.75) is 25.8 Å². The highest BCUT2D eigenvalue weighted by atomic mass is 35.5. The van der Waals surface area contributed by atoms with Crippen LogP contribution in [0.4, 0.5) is 0 Å². The SMILES string of the molecule is Cc1ccccc1-c1c(Cl)[nH]c(=O)n(C2CC2)c1=O. The number of aryl methyl sites for hydroxylation is 1. The van der Waals surface area contributed by atoms with Gasteiger partial charge in [0, 0.05) is 6.04 Å². The second kappa shape index (κ2) is 4.38. The van der Waals surface area contributed by atoms with Gasteiger partial charge in [0.1, 0.15) is 5.15 Å². The lowest BCUT2D eigenvalue weighted by atomic mass is 10.0. The van der Waals surface area contributed by atoms with Crippen LogP contribution >= 0.6 is 11.6 Å². The number of rotatable bonds is 2. The van der Waals surface area contributed by atoms with Gasteiger partial charge < -0.3 is 0 Å². The van der Waals surface area contributed by atoms with Gasteiger partial charge in [-0.3, -0.25) is 14.3 Å². The van der Waals surface area contributed by atoms with Gasteiger partial charge >= 0.3 is 5.69 Å². The van der Waals surface area contributed by atoms with E-state index in [9.17, 15) is 9.59 Å². The Kier molecular flexibility index (Phi) is 2.82. The molecular formula is C14H13ClN2O2. The molecule has 19 heavy (non-hydrogen) atoms. The van der Waals surface area contributed by atoms with E-state index < -0.39 is 5.69 Å². The Morgan fingerprint density at radius 1 is 1.26 bits per heavy atom. The maximum atomic E-state index is 12.5. The molecule has 0 amide bonds. The molecule has 4 nitrogen and oxygen atoms in total. The Morgan fingerprint density at radius 3 is 2.58 bits per heavy atom. The van der Waals surface area contributed by atoms with E-state index in [4.69, 9.17) is 11.6 Å². The van der Waals surface area contributed by atoms with Crippen LogP contribution in [0.15, 0.2) is 33.9 Å². The lowest BCUT2D eigenvalue weighted by molar-refractivity contribution is 0.657. The van der Waals surface area contributed by atoms with Crippen molar-refractivity contribution in [1.29, 1.82) is 0 Å². The van der Waals surface area contributed by atoms with Crippen LogP contribution in [0.1, 0.15) is 24.4 Å². The van der Waals surface area contributed by atoms with Crippen molar-refractivity contribution in [3.05, 3.63) is 55.8 Å². The Labute approximate surface area is 114 Å². The lowest BCUT2D eigenvalue weighted by Crippen LogP contribution is -2.35. The van der Waals surface area contributed by atoms with Gasteiger partial charge in [0.2, 0.25) is 0 Å². The van der Waals surface area contributed by atoms with Gasteiger partial charge in [-0.15, -0.1) is 0 Å². The molecule has 0 spiro atoms. The number of aromatic amines is 1. The number of halogens is 1. The summed E-state index contributed by atoms with van der Waals surface area (Å²) >= 11 is 6.07. The zero-order valence-corrected chi connectivity index (χ0v) is 11.2. The van der Waals surface area contributed by atoms with Crippen LogP contribution in [0.2, 0.25) is 5.15 Å². The molecule has 1 heterocycles. The van der Waals surface area contributed by atoms with E-state index in [1.165, 1.54) is 4.57 Å². The molecule has 0 bridgehead atoms. The first-order chi connectivity index (χ1) is 9.09. The van der Waals surface area contributed by atoms with E-state index in [1.807, 2.05) is 31.2 Å². The van der Waals surface area contributed by atoms with E-state index in [2.05, 4.69) is 4.98 Å². The van der Waals surface area contributed by atoms with Crippen molar-refractivity contribution >= 4 is 11.6 Å². The van der Waals surface area contributed by atoms with Gasteiger partial charge in [-0.2, -0.15) is 0 Å². The van der Waals surface area contributed by atoms with E-state index in [0.717, 1.165) is 24.0 Å². The molecule has 1 aromatic carbocycles. The number of nitrogens with zero attached hydrogens (tertiary/aromatic N) is 1. The highest BCUT2D eigenvalue weighted by Gasteiger charge is 2.29. The molecule has 3 rings (SSSR count). The van der Waals surface area contributed by atoms with Gasteiger partial charge in [-0.25, -0.2) is 4.79 Å². The molecule has 1 aromatic heterocycles. The molecule has 1 N–H and O–H groups in total. The summed E-state index contributed by atoms with van der Waals surface area (Å²) in [6.07, 6.45) is 1.75. The second-order valence-corrected chi connectivity index (χ2v) is 5.22. The summed E-state index contributed by atoms with van der Waals surface area (Å²) < 4.78 is 1.29. The molecule has 0 saturated heterocycles. The molecule has 2 aromatic rings. The summed E-state index contributed by atoms with van der Waals surface area (Å²) in [6, 6.07) is 7.53. The molecule has 0 radical (unpaired) electrons. The Bertz CT molecular complexity index is 757. The monoisotopic (exact) mass is 276 g/mol. The van der Waals surface area contributed by atoms with Crippen molar-refractivity contribution in [2.75, 3.05) is 0 Å². The Balaban J connectivity index is 2.33. The summed E-state index contributed by atoms with van der Waals surface area (Å²) in [4.78, 5) is 26.9. The minimum Gasteiger partial charge on any atom is -0.297 e. The molecule has 1 fully saturated rings. The summed E-state index contributed by atoms with van der Waals surface area (Å²) in [6.45, 7) is 1.91. The average Bonchev–Trinajstić information content (AvgIpc) is 3.15. The van der Waals surface area contributed by atoms with E-state index in [-0.39, 0.29) is 16.8 Å². The predicted molar refractivity (Wildman–Crippen MR) is 74.8 cm³/mol. The third-order valence-corrected chi connectivity index (χ3v) is 3.70. The number of hydrogen-bond donors (Lipinski definition) is 1. The fourth-order valence-electron chi connectivity index (χ4n) is 2.27. The van der Waals surface area contributed by atoms with Crippen molar-refractivity contribution < 1.29 is 0 Å². The fourth-order valence-corrected chi connectivity index (χ4v) is 2.54. The Morgan fingerprint density at radius 2 is 1.95 bits per heavy atom. The first kappa shape index (κ1) is 12.2. The molecule has 5 heteroatoms. The molecule has 1 aliphatic carbocycles. The molecule has 0 aliphatic heterocycles. The first-order valence-corrected chi connectivity index (χ1v) is 6.57. The quantitative estimate of drug-likeness (QED) is 0.857. The number of nitrogens with one attached hydrogen (secondary N) is 1. The summed E-state index contributed by atoms with van der Waals surface area (Å²) in [7, 11) is 0. The van der Waals surface area contributed by atoms with E-state index in [0.29, 0.717) is 5.56 Å². The lowest BCUT2D eigenvalue weighted by Gasteiger charge is -2.10. The van der Waals surface area contributed by atoms with Gasteiger partial charge in [-0.05, 0) is 30.9 Å². The van der Waals surface area contributed by atoms with Crippen molar-refractivity contribution in [1.82, 2.24) is 9.55 Å². The Hall–Kier alpha value is -1.81. The molecule has 0 atom stereocenters. The topological polar surface area (TPSA) is 54.9 Å². The molecular weight excluding hydrogens is 264 g/mol.